The molecule has 0 aromatic heterocycles. The average molecular weight is 417 g/mol. The van der Waals surface area contributed by atoms with E-state index in [4.69, 9.17) is 0 Å². The smallest absolute Gasteiger partial charge is 0.0498 e. The van der Waals surface area contributed by atoms with Crippen LogP contribution in [0.2, 0.25) is 0 Å². The molecule has 0 atom stereocenters. The highest BCUT2D eigenvalue weighted by Gasteiger charge is 2.11. The summed E-state index contributed by atoms with van der Waals surface area (Å²) in [4.78, 5) is 0. The van der Waals surface area contributed by atoms with Gasteiger partial charge >= 0.3 is 0 Å². The molecule has 0 bridgehead atoms. The second kappa shape index (κ2) is 9.89. The summed E-state index contributed by atoms with van der Waals surface area (Å²) in [6.07, 6.45) is 15.3. The van der Waals surface area contributed by atoms with Gasteiger partial charge in [0, 0.05) is 20.7 Å². The minimum Gasteiger partial charge on any atom is -0.381 e. The molecule has 1 saturated carbocycles. The van der Waals surface area contributed by atoms with Crippen molar-refractivity contribution in [3.8, 4) is 0 Å². The van der Waals surface area contributed by atoms with E-state index >= 15 is 0 Å². The predicted molar refractivity (Wildman–Crippen MR) is 100 cm³/mol. The molecular formula is C18H27Br2N. The quantitative estimate of drug-likeness (QED) is 0.533. The van der Waals surface area contributed by atoms with Crippen molar-refractivity contribution in [3.05, 3.63) is 27.1 Å². The van der Waals surface area contributed by atoms with Gasteiger partial charge in [-0.3, -0.25) is 0 Å². The van der Waals surface area contributed by atoms with Gasteiger partial charge in [0.25, 0.3) is 0 Å². The normalized spacial score (nSPS) is 19.5. The number of benzene rings is 1. The largest absolute Gasteiger partial charge is 0.381 e. The summed E-state index contributed by atoms with van der Waals surface area (Å²) in [5.41, 5.74) is 1.22. The fourth-order valence-corrected chi connectivity index (χ4v) is 3.86. The Bertz CT molecular complexity index is 408. The highest BCUT2D eigenvalue weighted by atomic mass is 79.9. The lowest BCUT2D eigenvalue weighted by Crippen LogP contribution is -2.20. The maximum Gasteiger partial charge on any atom is 0.0498 e. The molecule has 0 spiro atoms. The fraction of sp³-hybridized carbons (Fsp3) is 0.667. The zero-order valence-corrected chi connectivity index (χ0v) is 16.0. The number of hydrogen-bond acceptors (Lipinski definition) is 1. The van der Waals surface area contributed by atoms with Crippen molar-refractivity contribution in [3.63, 3.8) is 0 Å². The van der Waals surface area contributed by atoms with Crippen LogP contribution in [-0.2, 0) is 0 Å². The molecule has 0 amide bonds. The highest BCUT2D eigenvalue weighted by Crippen LogP contribution is 2.28. The molecule has 3 heteroatoms. The minimum atomic E-state index is 0.620. The first-order chi connectivity index (χ1) is 10.3. The summed E-state index contributed by atoms with van der Waals surface area (Å²) < 4.78 is 2.30. The van der Waals surface area contributed by atoms with Gasteiger partial charge in [0.15, 0.2) is 0 Å². The first-order valence-electron chi connectivity index (χ1n) is 8.47. The van der Waals surface area contributed by atoms with E-state index in [1.165, 1.54) is 76.3 Å². The Labute approximate surface area is 146 Å². The number of hydrogen-bond donors (Lipinski definition) is 1. The topological polar surface area (TPSA) is 12.0 Å². The molecular weight excluding hydrogens is 390 g/mol. The van der Waals surface area contributed by atoms with Gasteiger partial charge in [0.1, 0.15) is 0 Å². The molecule has 0 unspecified atom stereocenters. The van der Waals surface area contributed by atoms with Crippen LogP contribution in [0.15, 0.2) is 27.1 Å². The van der Waals surface area contributed by atoms with Crippen molar-refractivity contribution in [2.45, 2.75) is 76.7 Å². The summed E-state index contributed by atoms with van der Waals surface area (Å²) in [5.74, 6) is 0. The third kappa shape index (κ3) is 6.73. The van der Waals surface area contributed by atoms with Crippen LogP contribution in [0.25, 0.3) is 0 Å². The van der Waals surface area contributed by atoms with Gasteiger partial charge in [-0.2, -0.15) is 0 Å². The van der Waals surface area contributed by atoms with Gasteiger partial charge in [-0.05, 0) is 47.0 Å². The van der Waals surface area contributed by atoms with E-state index in [0.29, 0.717) is 6.04 Å². The standard InChI is InChI=1S/C18H27Br2N/c19-15-12-13-17(20)18(14-15)21-16-10-8-6-4-2-1-3-5-7-9-11-16/h12-14,16,21H,1-11H2. The third-order valence-corrected chi connectivity index (χ3v) is 5.58. The van der Waals surface area contributed by atoms with Crippen LogP contribution in [0, 0.1) is 0 Å². The monoisotopic (exact) mass is 415 g/mol. The summed E-state index contributed by atoms with van der Waals surface area (Å²) in [5, 5.41) is 3.77. The van der Waals surface area contributed by atoms with Gasteiger partial charge < -0.3 is 5.32 Å². The summed E-state index contributed by atoms with van der Waals surface area (Å²) in [7, 11) is 0. The van der Waals surface area contributed by atoms with E-state index in [2.05, 4.69) is 55.4 Å². The molecule has 0 radical (unpaired) electrons. The lowest BCUT2D eigenvalue weighted by atomic mass is 9.98. The Hall–Kier alpha value is -0.0200. The molecule has 1 aromatic rings. The number of halogens is 2. The molecule has 1 aliphatic carbocycles. The zero-order valence-electron chi connectivity index (χ0n) is 12.8. The van der Waals surface area contributed by atoms with Crippen molar-refractivity contribution in [1.82, 2.24) is 0 Å². The Morgan fingerprint density at radius 3 is 1.86 bits per heavy atom. The summed E-state index contributed by atoms with van der Waals surface area (Å²) in [6, 6.07) is 6.99. The molecule has 1 aromatic carbocycles. The van der Waals surface area contributed by atoms with Crippen LogP contribution in [0.3, 0.4) is 0 Å². The number of nitrogens with one attached hydrogen (secondary N) is 1. The Morgan fingerprint density at radius 1 is 0.762 bits per heavy atom. The molecule has 2 rings (SSSR count). The van der Waals surface area contributed by atoms with E-state index in [0.717, 1.165) is 8.95 Å². The minimum absolute atomic E-state index is 0.620. The van der Waals surface area contributed by atoms with Crippen molar-refractivity contribution in [2.24, 2.45) is 0 Å². The van der Waals surface area contributed by atoms with E-state index in [1.54, 1.807) is 0 Å². The summed E-state index contributed by atoms with van der Waals surface area (Å²) in [6.45, 7) is 0. The second-order valence-electron chi connectivity index (χ2n) is 6.22. The molecule has 21 heavy (non-hydrogen) atoms. The molecule has 0 saturated heterocycles. The van der Waals surface area contributed by atoms with Gasteiger partial charge in [0.05, 0.1) is 0 Å². The molecule has 1 nitrogen and oxygen atoms in total. The van der Waals surface area contributed by atoms with E-state index in [-0.39, 0.29) is 0 Å². The van der Waals surface area contributed by atoms with Crippen molar-refractivity contribution < 1.29 is 0 Å². The van der Waals surface area contributed by atoms with Crippen molar-refractivity contribution in [2.75, 3.05) is 5.32 Å². The van der Waals surface area contributed by atoms with Gasteiger partial charge in [0.2, 0.25) is 0 Å². The molecule has 118 valence electrons. The Balaban J connectivity index is 1.92. The summed E-state index contributed by atoms with van der Waals surface area (Å²) >= 11 is 7.23. The van der Waals surface area contributed by atoms with Crippen molar-refractivity contribution in [1.29, 1.82) is 0 Å². The SMILES string of the molecule is Brc1ccc(Br)c(NC2CCCCCCCCCCC2)c1. The predicted octanol–water partition coefficient (Wildman–Crippen LogP) is 7.30. The van der Waals surface area contributed by atoms with E-state index in [1.807, 2.05) is 0 Å². The van der Waals surface area contributed by atoms with Gasteiger partial charge in [-0.15, -0.1) is 0 Å². The fourth-order valence-electron chi connectivity index (χ4n) is 3.14. The highest BCUT2D eigenvalue weighted by molar-refractivity contribution is 9.11. The maximum absolute atomic E-state index is 3.77. The lowest BCUT2D eigenvalue weighted by molar-refractivity contribution is 0.480. The van der Waals surface area contributed by atoms with E-state index in [9.17, 15) is 0 Å². The van der Waals surface area contributed by atoms with Crippen LogP contribution in [0.1, 0.15) is 70.6 Å². The molecule has 0 aliphatic heterocycles. The zero-order chi connectivity index (χ0) is 14.9. The van der Waals surface area contributed by atoms with Crippen LogP contribution in [-0.4, -0.2) is 6.04 Å². The Kier molecular flexibility index (Phi) is 8.16. The van der Waals surface area contributed by atoms with Crippen LogP contribution in [0.5, 0.6) is 0 Å². The maximum atomic E-state index is 3.77. The lowest BCUT2D eigenvalue weighted by Gasteiger charge is -2.21. The molecule has 0 heterocycles. The second-order valence-corrected chi connectivity index (χ2v) is 7.99. The molecule has 1 aliphatic rings. The average Bonchev–Trinajstić information content (AvgIpc) is 2.45. The van der Waals surface area contributed by atoms with E-state index < -0.39 is 0 Å². The van der Waals surface area contributed by atoms with Crippen LogP contribution >= 0.6 is 31.9 Å². The van der Waals surface area contributed by atoms with Gasteiger partial charge in [-0.25, -0.2) is 0 Å². The van der Waals surface area contributed by atoms with Crippen LogP contribution < -0.4 is 5.32 Å². The Morgan fingerprint density at radius 2 is 1.29 bits per heavy atom. The van der Waals surface area contributed by atoms with Crippen LogP contribution in [0.4, 0.5) is 5.69 Å². The third-order valence-electron chi connectivity index (χ3n) is 4.39. The first kappa shape index (κ1) is 17.3. The molecule has 1 N–H and O–H groups in total. The van der Waals surface area contributed by atoms with Crippen molar-refractivity contribution >= 4 is 37.5 Å². The van der Waals surface area contributed by atoms with Gasteiger partial charge in [-0.1, -0.05) is 73.7 Å². The number of rotatable bonds is 2. The molecule has 1 fully saturated rings. The number of anilines is 1. The first-order valence-corrected chi connectivity index (χ1v) is 10.1.